The van der Waals surface area contributed by atoms with Gasteiger partial charge in [-0.05, 0) is 6.07 Å². The van der Waals surface area contributed by atoms with Crippen LogP contribution in [0.2, 0.25) is 5.02 Å². The molecule has 1 aromatic heterocycles. The van der Waals surface area contributed by atoms with Gasteiger partial charge in [0.25, 0.3) is 0 Å². The Kier molecular flexibility index (Phi) is 3.73. The molecule has 0 saturated carbocycles. The highest BCUT2D eigenvalue weighted by Gasteiger charge is 2.14. The first-order chi connectivity index (χ1) is 8.56. The summed E-state index contributed by atoms with van der Waals surface area (Å²) < 4.78 is 15.0. The first kappa shape index (κ1) is 13.1. The Hall–Kier alpha value is -1.33. The van der Waals surface area contributed by atoms with Crippen molar-refractivity contribution in [2.75, 3.05) is 7.05 Å². The van der Waals surface area contributed by atoms with Crippen LogP contribution in [0, 0.1) is 5.82 Å². The van der Waals surface area contributed by atoms with Crippen molar-refractivity contribution in [3.63, 3.8) is 0 Å². The Morgan fingerprint density at radius 1 is 1.56 bits per heavy atom. The zero-order chi connectivity index (χ0) is 13.3. The van der Waals surface area contributed by atoms with Crippen molar-refractivity contribution in [1.29, 1.82) is 0 Å². The molecule has 4 nitrogen and oxygen atoms in total. The van der Waals surface area contributed by atoms with Crippen LogP contribution in [-0.2, 0) is 17.2 Å². The van der Waals surface area contributed by atoms with Gasteiger partial charge in [-0.3, -0.25) is 4.79 Å². The molecular formula is C11H10Cl2FN3O. The third-order valence-corrected chi connectivity index (χ3v) is 3.10. The molecule has 2 rings (SSSR count). The number of nitrogens with one attached hydrogen (secondary N) is 1. The molecule has 0 spiro atoms. The Balaban J connectivity index is 2.61. The van der Waals surface area contributed by atoms with E-state index in [1.165, 1.54) is 19.2 Å². The number of imidazole rings is 1. The number of amides is 1. The molecule has 0 bridgehead atoms. The van der Waals surface area contributed by atoms with Gasteiger partial charge in [0.1, 0.15) is 18.2 Å². The van der Waals surface area contributed by atoms with E-state index in [-0.39, 0.29) is 23.4 Å². The summed E-state index contributed by atoms with van der Waals surface area (Å²) in [6.45, 7) is 0.0378. The van der Waals surface area contributed by atoms with Crippen LogP contribution in [0.1, 0.15) is 5.82 Å². The van der Waals surface area contributed by atoms with Crippen molar-refractivity contribution in [2.45, 2.75) is 12.4 Å². The number of rotatable bonds is 3. The van der Waals surface area contributed by atoms with Gasteiger partial charge in [-0.2, -0.15) is 0 Å². The van der Waals surface area contributed by atoms with Gasteiger partial charge in [-0.1, -0.05) is 11.6 Å². The lowest BCUT2D eigenvalue weighted by molar-refractivity contribution is -0.121. The van der Waals surface area contributed by atoms with Gasteiger partial charge < -0.3 is 9.88 Å². The van der Waals surface area contributed by atoms with E-state index in [1.54, 1.807) is 4.57 Å². The first-order valence-electron chi connectivity index (χ1n) is 5.17. The molecule has 0 aliphatic rings. The molecular weight excluding hydrogens is 280 g/mol. The molecule has 0 fully saturated rings. The van der Waals surface area contributed by atoms with Crippen LogP contribution in [-0.4, -0.2) is 22.5 Å². The van der Waals surface area contributed by atoms with Gasteiger partial charge in [0.15, 0.2) is 0 Å². The number of benzene rings is 1. The van der Waals surface area contributed by atoms with Crippen LogP contribution >= 0.6 is 23.2 Å². The second kappa shape index (κ2) is 5.12. The van der Waals surface area contributed by atoms with E-state index in [1.807, 2.05) is 0 Å². The second-order valence-corrected chi connectivity index (χ2v) is 4.35. The lowest BCUT2D eigenvalue weighted by atomic mass is 10.3. The monoisotopic (exact) mass is 289 g/mol. The predicted octanol–water partition coefficient (Wildman–Crippen LogP) is 2.31. The van der Waals surface area contributed by atoms with Crippen LogP contribution in [0.15, 0.2) is 12.1 Å². The van der Waals surface area contributed by atoms with E-state index in [4.69, 9.17) is 23.2 Å². The highest BCUT2D eigenvalue weighted by molar-refractivity contribution is 6.31. The Bertz CT molecular complexity index is 612. The number of carbonyl (C=O) groups is 1. The van der Waals surface area contributed by atoms with E-state index < -0.39 is 5.82 Å². The molecule has 0 aliphatic carbocycles. The molecule has 1 N–H and O–H groups in total. The molecule has 96 valence electrons. The predicted molar refractivity (Wildman–Crippen MR) is 68.3 cm³/mol. The number of hydrogen-bond acceptors (Lipinski definition) is 2. The van der Waals surface area contributed by atoms with Crippen LogP contribution in [0.3, 0.4) is 0 Å². The number of hydrogen-bond donors (Lipinski definition) is 1. The van der Waals surface area contributed by atoms with Crippen molar-refractivity contribution in [3.05, 3.63) is 28.8 Å². The third kappa shape index (κ3) is 2.28. The molecule has 0 saturated heterocycles. The summed E-state index contributed by atoms with van der Waals surface area (Å²) in [5, 5.41) is 2.49. The molecule has 18 heavy (non-hydrogen) atoms. The van der Waals surface area contributed by atoms with E-state index in [9.17, 15) is 9.18 Å². The van der Waals surface area contributed by atoms with Crippen LogP contribution in [0.25, 0.3) is 11.0 Å². The van der Waals surface area contributed by atoms with Gasteiger partial charge in [-0.15, -0.1) is 11.6 Å². The molecule has 0 aliphatic heterocycles. The molecule has 7 heteroatoms. The third-order valence-electron chi connectivity index (χ3n) is 2.57. The summed E-state index contributed by atoms with van der Waals surface area (Å²) in [5.74, 6) is -0.137. The van der Waals surface area contributed by atoms with Crippen LogP contribution in [0.5, 0.6) is 0 Å². The van der Waals surface area contributed by atoms with E-state index in [0.717, 1.165) is 0 Å². The van der Waals surface area contributed by atoms with Gasteiger partial charge in [-0.25, -0.2) is 9.37 Å². The summed E-state index contributed by atoms with van der Waals surface area (Å²) >= 11 is 11.5. The fourth-order valence-electron chi connectivity index (χ4n) is 1.67. The SMILES string of the molecule is CNC(=O)Cn1c(CCl)nc2cc(Cl)c(F)cc21. The zero-order valence-electron chi connectivity index (χ0n) is 9.51. The van der Waals surface area contributed by atoms with Crippen molar-refractivity contribution in [3.8, 4) is 0 Å². The minimum atomic E-state index is -0.552. The molecule has 1 amide bonds. The first-order valence-corrected chi connectivity index (χ1v) is 6.08. The normalized spacial score (nSPS) is 10.9. The fraction of sp³-hybridized carbons (Fsp3) is 0.273. The lowest BCUT2D eigenvalue weighted by Gasteiger charge is -2.06. The molecule has 0 atom stereocenters. The minimum absolute atomic E-state index is 0.00628. The van der Waals surface area contributed by atoms with Crippen molar-refractivity contribution >= 4 is 40.1 Å². The summed E-state index contributed by atoms with van der Waals surface area (Å²) in [6.07, 6.45) is 0. The molecule has 0 unspecified atom stereocenters. The van der Waals surface area contributed by atoms with Crippen LogP contribution in [0.4, 0.5) is 4.39 Å². The molecule has 0 radical (unpaired) electrons. The summed E-state index contributed by atoms with van der Waals surface area (Å²) in [4.78, 5) is 15.6. The Morgan fingerprint density at radius 3 is 2.89 bits per heavy atom. The standard InChI is InChI=1S/C11H10Cl2FN3O/c1-15-11(18)5-17-9-3-7(14)6(13)2-8(9)16-10(17)4-12/h2-3H,4-5H2,1H3,(H,15,18). The summed E-state index contributed by atoms with van der Waals surface area (Å²) in [6, 6.07) is 2.67. The maximum Gasteiger partial charge on any atom is 0.239 e. The number of halogens is 3. The van der Waals surface area contributed by atoms with E-state index in [2.05, 4.69) is 10.3 Å². The highest BCUT2D eigenvalue weighted by atomic mass is 35.5. The number of alkyl halides is 1. The topological polar surface area (TPSA) is 46.9 Å². The minimum Gasteiger partial charge on any atom is -0.358 e. The van der Waals surface area contributed by atoms with Gasteiger partial charge in [0.05, 0.1) is 21.9 Å². The Morgan fingerprint density at radius 2 is 2.28 bits per heavy atom. The van der Waals surface area contributed by atoms with Crippen LogP contribution < -0.4 is 5.32 Å². The average molecular weight is 290 g/mol. The molecule has 1 aromatic carbocycles. The van der Waals surface area contributed by atoms with Crippen molar-refractivity contribution < 1.29 is 9.18 Å². The summed E-state index contributed by atoms with van der Waals surface area (Å²) in [5.41, 5.74) is 1.01. The van der Waals surface area contributed by atoms with Gasteiger partial charge in [0.2, 0.25) is 5.91 Å². The lowest BCUT2D eigenvalue weighted by Crippen LogP contribution is -2.24. The number of likely N-dealkylation sites (N-methyl/N-ethyl adjacent to an activating group) is 1. The average Bonchev–Trinajstić information content (AvgIpc) is 2.67. The van der Waals surface area contributed by atoms with Gasteiger partial charge >= 0.3 is 0 Å². The maximum absolute atomic E-state index is 13.5. The Labute approximate surface area is 113 Å². The number of fused-ring (bicyclic) bond motifs is 1. The number of aromatic nitrogens is 2. The summed E-state index contributed by atoms with van der Waals surface area (Å²) in [7, 11) is 1.53. The largest absolute Gasteiger partial charge is 0.358 e. The molecule has 1 heterocycles. The van der Waals surface area contributed by atoms with Gasteiger partial charge in [0, 0.05) is 13.1 Å². The quantitative estimate of drug-likeness (QED) is 0.882. The molecule has 2 aromatic rings. The van der Waals surface area contributed by atoms with Crippen molar-refractivity contribution in [2.24, 2.45) is 0 Å². The zero-order valence-corrected chi connectivity index (χ0v) is 11.0. The second-order valence-electron chi connectivity index (χ2n) is 3.68. The van der Waals surface area contributed by atoms with E-state index in [0.29, 0.717) is 16.9 Å². The number of carbonyl (C=O) groups excluding carboxylic acids is 1. The highest BCUT2D eigenvalue weighted by Crippen LogP contribution is 2.24. The fourth-order valence-corrected chi connectivity index (χ4v) is 2.03. The van der Waals surface area contributed by atoms with Crippen molar-refractivity contribution in [1.82, 2.24) is 14.9 Å². The van der Waals surface area contributed by atoms with E-state index >= 15 is 0 Å². The maximum atomic E-state index is 13.5. The number of nitrogens with zero attached hydrogens (tertiary/aromatic N) is 2. The smallest absolute Gasteiger partial charge is 0.239 e.